The average Bonchev–Trinajstić information content (AvgIpc) is 2.86. The van der Waals surface area contributed by atoms with Crippen LogP contribution in [0, 0.1) is 17.1 Å². The van der Waals surface area contributed by atoms with E-state index in [0.29, 0.717) is 6.54 Å². The number of rotatable bonds is 4. The number of nitrogens with one attached hydrogen (secondary N) is 2. The van der Waals surface area contributed by atoms with E-state index in [-0.39, 0.29) is 11.9 Å². The highest BCUT2D eigenvalue weighted by atomic mass is 19.1. The number of nitriles is 1. The summed E-state index contributed by atoms with van der Waals surface area (Å²) in [5.41, 5.74) is 1.77. The van der Waals surface area contributed by atoms with Gasteiger partial charge in [-0.25, -0.2) is 4.39 Å². The lowest BCUT2D eigenvalue weighted by Crippen LogP contribution is -2.19. The summed E-state index contributed by atoms with van der Waals surface area (Å²) >= 11 is 0. The summed E-state index contributed by atoms with van der Waals surface area (Å²) in [6.45, 7) is 0.525. The Morgan fingerprint density at radius 1 is 1.29 bits per heavy atom. The highest BCUT2D eigenvalue weighted by molar-refractivity contribution is 5.19. The van der Waals surface area contributed by atoms with E-state index >= 15 is 0 Å². The minimum absolute atomic E-state index is 0.255. The van der Waals surface area contributed by atoms with Crippen molar-refractivity contribution < 1.29 is 4.39 Å². The van der Waals surface area contributed by atoms with Gasteiger partial charge in [-0.3, -0.25) is 5.32 Å². The van der Waals surface area contributed by atoms with Gasteiger partial charge in [0.25, 0.3) is 0 Å². The fraction of sp³-hybridized carbons (Fsp3) is 0.154. The van der Waals surface area contributed by atoms with Gasteiger partial charge in [-0.15, -0.1) is 0 Å². The van der Waals surface area contributed by atoms with Crippen molar-refractivity contribution in [3.05, 3.63) is 59.7 Å². The second-order valence-corrected chi connectivity index (χ2v) is 3.69. The number of nitrogens with zero attached hydrogens (tertiary/aromatic N) is 1. The molecule has 0 saturated carbocycles. The van der Waals surface area contributed by atoms with Crippen molar-refractivity contribution in [3.63, 3.8) is 0 Å². The summed E-state index contributed by atoms with van der Waals surface area (Å²) in [4.78, 5) is 2.99. The summed E-state index contributed by atoms with van der Waals surface area (Å²) in [6.07, 6.45) is 1.78. The van der Waals surface area contributed by atoms with Gasteiger partial charge in [0, 0.05) is 18.4 Å². The van der Waals surface area contributed by atoms with Gasteiger partial charge in [0.1, 0.15) is 11.9 Å². The van der Waals surface area contributed by atoms with Crippen LogP contribution in [0.2, 0.25) is 0 Å². The molecule has 4 heteroatoms. The first-order valence-corrected chi connectivity index (χ1v) is 5.30. The molecule has 0 aliphatic heterocycles. The van der Waals surface area contributed by atoms with Crippen LogP contribution in [-0.4, -0.2) is 4.98 Å². The Balaban J connectivity index is 1.97. The molecular weight excluding hydrogens is 217 g/mol. The topological polar surface area (TPSA) is 51.6 Å². The molecular formula is C13H12FN3. The molecule has 2 N–H and O–H groups in total. The minimum atomic E-state index is -0.380. The van der Waals surface area contributed by atoms with Crippen molar-refractivity contribution in [2.75, 3.05) is 0 Å². The van der Waals surface area contributed by atoms with Gasteiger partial charge >= 0.3 is 0 Å². The summed E-state index contributed by atoms with van der Waals surface area (Å²) in [6, 6.07) is 11.7. The number of hydrogen-bond donors (Lipinski definition) is 2. The van der Waals surface area contributed by atoms with Crippen LogP contribution < -0.4 is 5.32 Å². The number of aromatic nitrogens is 1. The Labute approximate surface area is 98.9 Å². The number of aromatic amines is 1. The van der Waals surface area contributed by atoms with E-state index in [4.69, 9.17) is 5.26 Å². The normalized spacial score (nSPS) is 12.0. The first-order valence-electron chi connectivity index (χ1n) is 5.30. The second-order valence-electron chi connectivity index (χ2n) is 3.69. The molecule has 0 bridgehead atoms. The van der Waals surface area contributed by atoms with Crippen LogP contribution in [0.4, 0.5) is 4.39 Å². The Bertz CT molecular complexity index is 496. The molecule has 1 aromatic carbocycles. The Kier molecular flexibility index (Phi) is 3.53. The lowest BCUT2D eigenvalue weighted by molar-refractivity contribution is 0.611. The van der Waals surface area contributed by atoms with Crippen molar-refractivity contribution in [2.24, 2.45) is 0 Å². The van der Waals surface area contributed by atoms with E-state index in [2.05, 4.69) is 16.4 Å². The van der Waals surface area contributed by atoms with E-state index in [0.717, 1.165) is 11.3 Å². The molecule has 1 heterocycles. The number of H-pyrrole nitrogens is 1. The molecule has 3 nitrogen and oxygen atoms in total. The van der Waals surface area contributed by atoms with Crippen molar-refractivity contribution in [2.45, 2.75) is 12.6 Å². The number of benzene rings is 1. The lowest BCUT2D eigenvalue weighted by atomic mass is 10.2. The molecule has 0 spiro atoms. The number of halogens is 1. The molecule has 1 unspecified atom stereocenters. The molecule has 1 aromatic heterocycles. The Morgan fingerprint density at radius 3 is 2.65 bits per heavy atom. The predicted octanol–water partition coefficient (Wildman–Crippen LogP) is 2.51. The maximum Gasteiger partial charge on any atom is 0.136 e. The Hall–Kier alpha value is -2.12. The van der Waals surface area contributed by atoms with Gasteiger partial charge in [0.15, 0.2) is 0 Å². The molecule has 0 aliphatic rings. The summed E-state index contributed by atoms with van der Waals surface area (Å²) in [5, 5.41) is 12.1. The van der Waals surface area contributed by atoms with E-state index in [1.54, 1.807) is 18.3 Å². The minimum Gasteiger partial charge on any atom is -0.363 e. The van der Waals surface area contributed by atoms with Crippen LogP contribution in [0.5, 0.6) is 0 Å². The second kappa shape index (κ2) is 5.28. The third kappa shape index (κ3) is 2.92. The van der Waals surface area contributed by atoms with Gasteiger partial charge in [0.2, 0.25) is 0 Å². The maximum atomic E-state index is 12.7. The molecule has 2 rings (SSSR count). The van der Waals surface area contributed by atoms with Gasteiger partial charge in [-0.05, 0) is 29.8 Å². The third-order valence-electron chi connectivity index (χ3n) is 2.49. The van der Waals surface area contributed by atoms with Crippen LogP contribution in [0.1, 0.15) is 17.3 Å². The molecule has 17 heavy (non-hydrogen) atoms. The van der Waals surface area contributed by atoms with Crippen LogP contribution in [0.25, 0.3) is 0 Å². The summed E-state index contributed by atoms with van der Waals surface area (Å²) in [5.74, 6) is -0.255. The van der Waals surface area contributed by atoms with Crippen molar-refractivity contribution in [3.8, 4) is 6.07 Å². The van der Waals surface area contributed by atoms with Crippen LogP contribution >= 0.6 is 0 Å². The third-order valence-corrected chi connectivity index (χ3v) is 2.49. The molecule has 2 aromatic rings. The van der Waals surface area contributed by atoms with Gasteiger partial charge < -0.3 is 4.98 Å². The van der Waals surface area contributed by atoms with Crippen LogP contribution in [0.15, 0.2) is 42.6 Å². The molecule has 0 amide bonds. The molecule has 86 valence electrons. The van der Waals surface area contributed by atoms with E-state index < -0.39 is 0 Å². The van der Waals surface area contributed by atoms with E-state index in [1.807, 2.05) is 12.1 Å². The molecule has 1 atom stereocenters. The van der Waals surface area contributed by atoms with Crippen molar-refractivity contribution >= 4 is 0 Å². The quantitative estimate of drug-likeness (QED) is 0.846. The summed E-state index contributed by atoms with van der Waals surface area (Å²) < 4.78 is 12.7. The first kappa shape index (κ1) is 11.4. The smallest absolute Gasteiger partial charge is 0.136 e. The number of hydrogen-bond acceptors (Lipinski definition) is 2. The average molecular weight is 229 g/mol. The van der Waals surface area contributed by atoms with E-state index in [9.17, 15) is 4.39 Å². The molecule has 0 saturated heterocycles. The standard InChI is InChI=1S/C13H12FN3/c14-11-5-3-10(4-6-11)9-17-13(8-15)12-2-1-7-16-12/h1-7,13,16-17H,9H2. The highest BCUT2D eigenvalue weighted by Gasteiger charge is 2.09. The van der Waals surface area contributed by atoms with Crippen molar-refractivity contribution in [1.82, 2.24) is 10.3 Å². The zero-order valence-electron chi connectivity index (χ0n) is 9.15. The molecule has 0 aliphatic carbocycles. The monoisotopic (exact) mass is 229 g/mol. The highest BCUT2D eigenvalue weighted by Crippen LogP contribution is 2.10. The van der Waals surface area contributed by atoms with Crippen LogP contribution in [0.3, 0.4) is 0 Å². The lowest BCUT2D eigenvalue weighted by Gasteiger charge is -2.09. The van der Waals surface area contributed by atoms with Gasteiger partial charge in [-0.2, -0.15) is 5.26 Å². The van der Waals surface area contributed by atoms with Crippen molar-refractivity contribution in [1.29, 1.82) is 5.26 Å². The van der Waals surface area contributed by atoms with Gasteiger partial charge in [0.05, 0.1) is 6.07 Å². The maximum absolute atomic E-state index is 12.7. The summed E-state index contributed by atoms with van der Waals surface area (Å²) in [7, 11) is 0. The Morgan fingerprint density at radius 2 is 2.06 bits per heavy atom. The first-order chi connectivity index (χ1) is 8.29. The molecule has 0 fully saturated rings. The molecule has 0 radical (unpaired) electrons. The van der Waals surface area contributed by atoms with Crippen LogP contribution in [-0.2, 0) is 6.54 Å². The fourth-order valence-corrected chi connectivity index (χ4v) is 1.57. The largest absolute Gasteiger partial charge is 0.363 e. The zero-order chi connectivity index (χ0) is 12.1. The fourth-order valence-electron chi connectivity index (χ4n) is 1.57. The zero-order valence-corrected chi connectivity index (χ0v) is 9.15. The van der Waals surface area contributed by atoms with Gasteiger partial charge in [-0.1, -0.05) is 12.1 Å². The SMILES string of the molecule is N#CC(NCc1ccc(F)cc1)c1ccc[nH]1. The van der Waals surface area contributed by atoms with E-state index in [1.165, 1.54) is 12.1 Å². The predicted molar refractivity (Wildman–Crippen MR) is 62.4 cm³/mol.